The molecule has 3 aromatic heterocycles. The summed E-state index contributed by atoms with van der Waals surface area (Å²) < 4.78 is 1.45. The molecule has 3 rings (SSSR count). The maximum absolute atomic E-state index is 5.89. The second kappa shape index (κ2) is 2.74. The normalized spacial score (nSPS) is 10.9. The molecule has 3 N–H and O–H groups in total. The summed E-state index contributed by atoms with van der Waals surface area (Å²) in [6, 6.07) is 0. The molecule has 74 valence electrons. The van der Waals surface area contributed by atoms with Crippen LogP contribution in [0.4, 0.5) is 5.82 Å². The molecule has 0 spiro atoms. The van der Waals surface area contributed by atoms with E-state index in [1.54, 1.807) is 12.4 Å². The smallest absolute Gasteiger partial charge is 0.254 e. The highest BCUT2D eigenvalue weighted by atomic mass is 15.3. The lowest BCUT2D eigenvalue weighted by Crippen LogP contribution is -2.02. The lowest BCUT2D eigenvalue weighted by Gasteiger charge is -2.01. The summed E-state index contributed by atoms with van der Waals surface area (Å²) in [5, 5.41) is 14.1. The number of nitrogens with one attached hydrogen (secondary N) is 1. The molecule has 15 heavy (non-hydrogen) atoms. The number of H-pyrrole nitrogens is 1. The highest BCUT2D eigenvalue weighted by Crippen LogP contribution is 2.21. The Kier molecular flexibility index (Phi) is 1.43. The number of rotatable bonds is 1. The van der Waals surface area contributed by atoms with E-state index in [1.165, 1.54) is 10.8 Å². The number of anilines is 1. The summed E-state index contributed by atoms with van der Waals surface area (Å²) in [5.41, 5.74) is 7.18. The largest absolute Gasteiger partial charge is 0.383 e. The number of hydrogen-bond donors (Lipinski definition) is 2. The topological polar surface area (TPSA) is 111 Å². The third-order valence-corrected chi connectivity index (χ3v) is 2.03. The third-order valence-electron chi connectivity index (χ3n) is 2.03. The second-order valence-corrected chi connectivity index (χ2v) is 2.88. The highest BCUT2D eigenvalue weighted by molar-refractivity contribution is 5.70. The van der Waals surface area contributed by atoms with Gasteiger partial charge in [0.05, 0.1) is 11.8 Å². The first-order chi connectivity index (χ1) is 7.36. The van der Waals surface area contributed by atoms with Crippen molar-refractivity contribution < 1.29 is 0 Å². The SMILES string of the molecule is Nc1c(-c2cn[nH]n2)cnc2ncnn12. The standard InChI is InChI=1S/C7H6N8/c8-6-4(5-2-11-14-13-5)1-9-7-10-3-12-15(6)7/h1-3H,8H2,(H,11,13,14). The average molecular weight is 202 g/mol. The number of aromatic amines is 1. The van der Waals surface area contributed by atoms with Crippen LogP contribution in [0.1, 0.15) is 0 Å². The quantitative estimate of drug-likeness (QED) is 0.549. The molecular weight excluding hydrogens is 196 g/mol. The van der Waals surface area contributed by atoms with Crippen LogP contribution in [0.5, 0.6) is 0 Å². The van der Waals surface area contributed by atoms with E-state index in [9.17, 15) is 0 Å². The Labute approximate surface area is 83.2 Å². The maximum atomic E-state index is 5.89. The molecule has 0 radical (unpaired) electrons. The molecule has 0 aliphatic rings. The number of nitrogens with zero attached hydrogens (tertiary/aromatic N) is 6. The van der Waals surface area contributed by atoms with Gasteiger partial charge in [-0.25, -0.2) is 4.98 Å². The molecule has 0 amide bonds. The summed E-state index contributed by atoms with van der Waals surface area (Å²) >= 11 is 0. The van der Waals surface area contributed by atoms with Crippen LogP contribution in [-0.2, 0) is 0 Å². The minimum Gasteiger partial charge on any atom is -0.383 e. The van der Waals surface area contributed by atoms with Gasteiger partial charge in [0.15, 0.2) is 0 Å². The molecule has 0 atom stereocenters. The van der Waals surface area contributed by atoms with Crippen LogP contribution >= 0.6 is 0 Å². The number of nitrogens with two attached hydrogens (primary N) is 1. The van der Waals surface area contributed by atoms with Gasteiger partial charge in [0.25, 0.3) is 5.78 Å². The predicted molar refractivity (Wildman–Crippen MR) is 50.6 cm³/mol. The number of hydrogen-bond acceptors (Lipinski definition) is 6. The van der Waals surface area contributed by atoms with Crippen molar-refractivity contribution in [1.82, 2.24) is 35.0 Å². The molecule has 0 fully saturated rings. The molecule has 0 aromatic carbocycles. The van der Waals surface area contributed by atoms with Gasteiger partial charge in [-0.3, -0.25) is 0 Å². The molecule has 0 bridgehead atoms. The Balaban J connectivity index is 2.32. The molecule has 0 aliphatic heterocycles. The molecule has 0 saturated heterocycles. The average Bonchev–Trinajstić information content (AvgIpc) is 2.87. The Morgan fingerprint density at radius 2 is 2.20 bits per heavy atom. The molecule has 3 aromatic rings. The Bertz CT molecular complexity index is 595. The third kappa shape index (κ3) is 1.04. The lowest BCUT2D eigenvalue weighted by atomic mass is 10.2. The van der Waals surface area contributed by atoms with Crippen LogP contribution in [0.2, 0.25) is 0 Å². The first kappa shape index (κ1) is 7.85. The van der Waals surface area contributed by atoms with Crippen molar-refractivity contribution in [2.24, 2.45) is 0 Å². The van der Waals surface area contributed by atoms with Crippen molar-refractivity contribution >= 4 is 11.6 Å². The monoisotopic (exact) mass is 202 g/mol. The molecule has 0 unspecified atom stereocenters. The zero-order valence-corrected chi connectivity index (χ0v) is 7.49. The van der Waals surface area contributed by atoms with Gasteiger partial charge in [-0.05, 0) is 0 Å². The summed E-state index contributed by atoms with van der Waals surface area (Å²) in [6.07, 6.45) is 4.55. The van der Waals surface area contributed by atoms with Crippen LogP contribution in [-0.4, -0.2) is 35.0 Å². The van der Waals surface area contributed by atoms with Crippen molar-refractivity contribution in [1.29, 1.82) is 0 Å². The van der Waals surface area contributed by atoms with Gasteiger partial charge in [-0.2, -0.15) is 30.0 Å². The van der Waals surface area contributed by atoms with Crippen molar-refractivity contribution in [3.8, 4) is 11.3 Å². The number of aromatic nitrogens is 7. The zero-order chi connectivity index (χ0) is 10.3. The van der Waals surface area contributed by atoms with E-state index < -0.39 is 0 Å². The van der Waals surface area contributed by atoms with Crippen LogP contribution in [0, 0.1) is 0 Å². The summed E-state index contributed by atoms with van der Waals surface area (Å²) in [7, 11) is 0. The Hall–Kier alpha value is -2.51. The van der Waals surface area contributed by atoms with Crippen LogP contribution in [0.15, 0.2) is 18.7 Å². The predicted octanol–water partition coefficient (Wildman–Crippen LogP) is -0.508. The van der Waals surface area contributed by atoms with E-state index >= 15 is 0 Å². The van der Waals surface area contributed by atoms with E-state index in [-0.39, 0.29) is 0 Å². The summed E-state index contributed by atoms with van der Waals surface area (Å²) in [4.78, 5) is 8.00. The number of fused-ring (bicyclic) bond motifs is 1. The maximum Gasteiger partial charge on any atom is 0.254 e. The Morgan fingerprint density at radius 3 is 3.00 bits per heavy atom. The number of nitrogen functional groups attached to an aromatic ring is 1. The molecule has 0 aliphatic carbocycles. The van der Waals surface area contributed by atoms with Gasteiger partial charge in [0.2, 0.25) is 0 Å². The molecular formula is C7H6N8. The Morgan fingerprint density at radius 1 is 1.27 bits per heavy atom. The van der Waals surface area contributed by atoms with Crippen LogP contribution in [0.3, 0.4) is 0 Å². The van der Waals surface area contributed by atoms with Crippen LogP contribution in [0.25, 0.3) is 17.0 Å². The molecule has 8 heteroatoms. The highest BCUT2D eigenvalue weighted by Gasteiger charge is 2.10. The van der Waals surface area contributed by atoms with Gasteiger partial charge >= 0.3 is 0 Å². The molecule has 0 saturated carbocycles. The van der Waals surface area contributed by atoms with Gasteiger partial charge in [-0.15, -0.1) is 0 Å². The van der Waals surface area contributed by atoms with Gasteiger partial charge in [0, 0.05) is 6.20 Å². The molecule has 3 heterocycles. The van der Waals surface area contributed by atoms with E-state index in [0.29, 0.717) is 22.9 Å². The van der Waals surface area contributed by atoms with Gasteiger partial charge in [-0.1, -0.05) is 0 Å². The minimum absolute atomic E-state index is 0.436. The van der Waals surface area contributed by atoms with E-state index in [2.05, 4.69) is 30.5 Å². The van der Waals surface area contributed by atoms with Gasteiger partial charge in [0.1, 0.15) is 17.8 Å². The van der Waals surface area contributed by atoms with Crippen molar-refractivity contribution in [2.75, 3.05) is 5.73 Å². The van der Waals surface area contributed by atoms with Crippen molar-refractivity contribution in [3.05, 3.63) is 18.7 Å². The summed E-state index contributed by atoms with van der Waals surface area (Å²) in [6.45, 7) is 0. The summed E-state index contributed by atoms with van der Waals surface area (Å²) in [5.74, 6) is 0.895. The van der Waals surface area contributed by atoms with Crippen LogP contribution < -0.4 is 5.73 Å². The van der Waals surface area contributed by atoms with E-state index in [1.807, 2.05) is 0 Å². The fourth-order valence-electron chi connectivity index (χ4n) is 1.32. The van der Waals surface area contributed by atoms with Crippen molar-refractivity contribution in [2.45, 2.75) is 0 Å². The first-order valence-electron chi connectivity index (χ1n) is 4.16. The molecule has 8 nitrogen and oxygen atoms in total. The minimum atomic E-state index is 0.436. The zero-order valence-electron chi connectivity index (χ0n) is 7.49. The lowest BCUT2D eigenvalue weighted by molar-refractivity contribution is 0.935. The second-order valence-electron chi connectivity index (χ2n) is 2.88. The van der Waals surface area contributed by atoms with Gasteiger partial charge < -0.3 is 5.73 Å². The van der Waals surface area contributed by atoms with Crippen molar-refractivity contribution in [3.63, 3.8) is 0 Å². The first-order valence-corrected chi connectivity index (χ1v) is 4.16. The van der Waals surface area contributed by atoms with E-state index in [4.69, 9.17) is 5.73 Å². The van der Waals surface area contributed by atoms with E-state index in [0.717, 1.165) is 0 Å². The fraction of sp³-hybridized carbons (Fsp3) is 0. The fourth-order valence-corrected chi connectivity index (χ4v) is 1.32.